The number of hydrogen-bond donors (Lipinski definition) is 2. The molecule has 0 unspecified atom stereocenters. The van der Waals surface area contributed by atoms with Gasteiger partial charge in [-0.25, -0.2) is 0 Å². The minimum Gasteiger partial charge on any atom is -0.389 e. The molecule has 4 nitrogen and oxygen atoms in total. The molecule has 2 N–H and O–H groups in total. The number of rotatable bonds is 7. The number of hydrogen-bond acceptors (Lipinski definition) is 3. The molecule has 20 heavy (non-hydrogen) atoms. The maximum atomic E-state index is 11.9. The summed E-state index contributed by atoms with van der Waals surface area (Å²) in [5.74, 6) is 0.0488. The summed E-state index contributed by atoms with van der Waals surface area (Å²) in [6.07, 6.45) is 2.19. The van der Waals surface area contributed by atoms with Crippen LogP contribution in [-0.4, -0.2) is 40.6 Å². The van der Waals surface area contributed by atoms with Gasteiger partial charge in [0.1, 0.15) is 0 Å². The van der Waals surface area contributed by atoms with Crippen molar-refractivity contribution in [1.82, 2.24) is 10.2 Å². The minimum absolute atomic E-state index is 0.0488. The van der Waals surface area contributed by atoms with Gasteiger partial charge in [0.2, 0.25) is 5.91 Å². The number of nitrogens with zero attached hydrogens (tertiary/aromatic N) is 1. The Morgan fingerprint density at radius 3 is 2.55 bits per heavy atom. The predicted molar refractivity (Wildman–Crippen MR) is 79.2 cm³/mol. The highest BCUT2D eigenvalue weighted by molar-refractivity contribution is 5.78. The first-order valence-corrected chi connectivity index (χ1v) is 7.20. The van der Waals surface area contributed by atoms with Crippen LogP contribution < -0.4 is 5.32 Å². The molecule has 1 aromatic carbocycles. The summed E-state index contributed by atoms with van der Waals surface area (Å²) >= 11 is 0. The SMILES string of the molecule is CC(C)(O)CN(CC(=O)NC1CC1)Cc1ccccc1. The van der Waals surface area contributed by atoms with Gasteiger partial charge < -0.3 is 10.4 Å². The summed E-state index contributed by atoms with van der Waals surface area (Å²) in [6.45, 7) is 5.01. The van der Waals surface area contributed by atoms with Gasteiger partial charge in [0.25, 0.3) is 0 Å². The van der Waals surface area contributed by atoms with Gasteiger partial charge in [0.15, 0.2) is 0 Å². The average molecular weight is 276 g/mol. The lowest BCUT2D eigenvalue weighted by Gasteiger charge is -2.28. The van der Waals surface area contributed by atoms with Crippen molar-refractivity contribution in [3.05, 3.63) is 35.9 Å². The second kappa shape index (κ2) is 6.37. The summed E-state index contributed by atoms with van der Waals surface area (Å²) in [6, 6.07) is 10.4. The average Bonchev–Trinajstić information content (AvgIpc) is 3.11. The third-order valence-corrected chi connectivity index (χ3v) is 3.17. The van der Waals surface area contributed by atoms with Crippen LogP contribution in [0.5, 0.6) is 0 Å². The molecule has 1 aromatic rings. The summed E-state index contributed by atoms with van der Waals surface area (Å²) in [4.78, 5) is 13.9. The molecule has 4 heteroatoms. The molecule has 1 aliphatic carbocycles. The van der Waals surface area contributed by atoms with E-state index in [0.717, 1.165) is 18.4 Å². The van der Waals surface area contributed by atoms with Gasteiger partial charge in [0, 0.05) is 19.1 Å². The largest absolute Gasteiger partial charge is 0.389 e. The zero-order chi connectivity index (χ0) is 14.6. The molecule has 0 aromatic heterocycles. The van der Waals surface area contributed by atoms with E-state index < -0.39 is 5.60 Å². The lowest BCUT2D eigenvalue weighted by Crippen LogP contribution is -2.44. The Hall–Kier alpha value is -1.39. The molecule has 0 bridgehead atoms. The van der Waals surface area contributed by atoms with Crippen molar-refractivity contribution in [2.45, 2.75) is 44.9 Å². The summed E-state index contributed by atoms with van der Waals surface area (Å²) in [7, 11) is 0. The highest BCUT2D eigenvalue weighted by Crippen LogP contribution is 2.18. The van der Waals surface area contributed by atoms with Crippen LogP contribution in [0.2, 0.25) is 0 Å². The zero-order valence-electron chi connectivity index (χ0n) is 12.3. The van der Waals surface area contributed by atoms with Crippen LogP contribution in [-0.2, 0) is 11.3 Å². The van der Waals surface area contributed by atoms with Crippen molar-refractivity contribution in [3.8, 4) is 0 Å². The highest BCUT2D eigenvalue weighted by atomic mass is 16.3. The van der Waals surface area contributed by atoms with E-state index in [1.807, 2.05) is 35.2 Å². The molecule has 1 amide bonds. The molecule has 0 spiro atoms. The van der Waals surface area contributed by atoms with Crippen LogP contribution >= 0.6 is 0 Å². The number of carbonyl (C=O) groups is 1. The Balaban J connectivity index is 1.94. The first-order valence-electron chi connectivity index (χ1n) is 7.20. The number of aliphatic hydroxyl groups is 1. The van der Waals surface area contributed by atoms with E-state index in [-0.39, 0.29) is 5.91 Å². The van der Waals surface area contributed by atoms with Gasteiger partial charge in [-0.15, -0.1) is 0 Å². The van der Waals surface area contributed by atoms with E-state index in [1.54, 1.807) is 13.8 Å². The molecule has 0 heterocycles. The fourth-order valence-electron chi connectivity index (χ4n) is 2.26. The molecular formula is C16H24N2O2. The van der Waals surface area contributed by atoms with E-state index in [0.29, 0.717) is 25.7 Å². The van der Waals surface area contributed by atoms with Gasteiger partial charge in [-0.05, 0) is 32.3 Å². The Bertz CT molecular complexity index is 436. The fourth-order valence-corrected chi connectivity index (χ4v) is 2.26. The number of amides is 1. The van der Waals surface area contributed by atoms with E-state index in [2.05, 4.69) is 5.32 Å². The second-order valence-electron chi connectivity index (χ2n) is 6.28. The lowest BCUT2D eigenvalue weighted by atomic mass is 10.1. The molecule has 0 atom stereocenters. The third kappa shape index (κ3) is 5.72. The number of nitrogens with one attached hydrogen (secondary N) is 1. The molecule has 2 rings (SSSR count). The number of carbonyl (C=O) groups excluding carboxylic acids is 1. The zero-order valence-corrected chi connectivity index (χ0v) is 12.3. The fraction of sp³-hybridized carbons (Fsp3) is 0.562. The predicted octanol–water partition coefficient (Wildman–Crippen LogP) is 1.54. The first kappa shape index (κ1) is 15.0. The van der Waals surface area contributed by atoms with Gasteiger partial charge in [-0.3, -0.25) is 9.69 Å². The minimum atomic E-state index is -0.811. The van der Waals surface area contributed by atoms with Crippen molar-refractivity contribution in [2.24, 2.45) is 0 Å². The lowest BCUT2D eigenvalue weighted by molar-refractivity contribution is -0.123. The normalized spacial score (nSPS) is 15.4. The second-order valence-corrected chi connectivity index (χ2v) is 6.28. The van der Waals surface area contributed by atoms with Crippen LogP contribution in [0.3, 0.4) is 0 Å². The monoisotopic (exact) mass is 276 g/mol. The van der Waals surface area contributed by atoms with Gasteiger partial charge in [0.05, 0.1) is 12.1 Å². The van der Waals surface area contributed by atoms with E-state index in [4.69, 9.17) is 0 Å². The van der Waals surface area contributed by atoms with E-state index in [9.17, 15) is 9.90 Å². The smallest absolute Gasteiger partial charge is 0.234 e. The molecule has 1 fully saturated rings. The van der Waals surface area contributed by atoms with Crippen LogP contribution in [0.4, 0.5) is 0 Å². The summed E-state index contributed by atoms with van der Waals surface area (Å²) < 4.78 is 0. The van der Waals surface area contributed by atoms with Crippen LogP contribution in [0.15, 0.2) is 30.3 Å². The summed E-state index contributed by atoms with van der Waals surface area (Å²) in [5, 5.41) is 13.0. The topological polar surface area (TPSA) is 52.6 Å². The number of benzene rings is 1. The Morgan fingerprint density at radius 1 is 1.35 bits per heavy atom. The molecular weight excluding hydrogens is 252 g/mol. The van der Waals surface area contributed by atoms with Crippen LogP contribution in [0, 0.1) is 0 Å². The van der Waals surface area contributed by atoms with Crippen molar-refractivity contribution in [1.29, 1.82) is 0 Å². The molecule has 0 saturated heterocycles. The molecule has 110 valence electrons. The van der Waals surface area contributed by atoms with Gasteiger partial charge in [-0.1, -0.05) is 30.3 Å². The van der Waals surface area contributed by atoms with Crippen molar-refractivity contribution in [2.75, 3.05) is 13.1 Å². The standard InChI is InChI=1S/C16H24N2O2/c1-16(2,20)12-18(10-13-6-4-3-5-7-13)11-15(19)17-14-8-9-14/h3-7,14,20H,8-12H2,1-2H3,(H,17,19). The Morgan fingerprint density at radius 2 is 2.00 bits per heavy atom. The molecule has 1 aliphatic rings. The van der Waals surface area contributed by atoms with Crippen LogP contribution in [0.25, 0.3) is 0 Å². The molecule has 0 radical (unpaired) electrons. The highest BCUT2D eigenvalue weighted by Gasteiger charge is 2.25. The van der Waals surface area contributed by atoms with Crippen molar-refractivity contribution >= 4 is 5.91 Å². The Labute approximate surface area is 120 Å². The maximum Gasteiger partial charge on any atom is 0.234 e. The summed E-state index contributed by atoms with van der Waals surface area (Å²) in [5.41, 5.74) is 0.338. The van der Waals surface area contributed by atoms with E-state index >= 15 is 0 Å². The van der Waals surface area contributed by atoms with Gasteiger partial charge >= 0.3 is 0 Å². The molecule has 1 saturated carbocycles. The van der Waals surface area contributed by atoms with Crippen LogP contribution in [0.1, 0.15) is 32.3 Å². The third-order valence-electron chi connectivity index (χ3n) is 3.17. The first-order chi connectivity index (χ1) is 9.42. The molecule has 0 aliphatic heterocycles. The van der Waals surface area contributed by atoms with Crippen molar-refractivity contribution < 1.29 is 9.90 Å². The Kier molecular flexibility index (Phi) is 4.78. The maximum absolute atomic E-state index is 11.9. The van der Waals surface area contributed by atoms with Gasteiger partial charge in [-0.2, -0.15) is 0 Å². The van der Waals surface area contributed by atoms with E-state index in [1.165, 1.54) is 0 Å². The quantitative estimate of drug-likeness (QED) is 0.794. The van der Waals surface area contributed by atoms with Crippen molar-refractivity contribution in [3.63, 3.8) is 0 Å².